The van der Waals surface area contributed by atoms with Gasteiger partial charge in [0.15, 0.2) is 0 Å². The van der Waals surface area contributed by atoms with Crippen LogP contribution in [0, 0.1) is 5.92 Å². The smallest absolute Gasteiger partial charge is 0.271 e. The van der Waals surface area contributed by atoms with Gasteiger partial charge in [0.1, 0.15) is 0 Å². The van der Waals surface area contributed by atoms with Crippen molar-refractivity contribution >= 4 is 29.4 Å². The molecule has 0 spiro atoms. The Hall–Kier alpha value is -3.15. The van der Waals surface area contributed by atoms with Crippen molar-refractivity contribution < 1.29 is 9.59 Å². The minimum atomic E-state index is -0.300. The fourth-order valence-corrected chi connectivity index (χ4v) is 2.38. The molecule has 6 heteroatoms. The number of carbonyl (C=O) groups excluding carboxylic acids is 2. The lowest BCUT2D eigenvalue weighted by Gasteiger charge is -2.11. The third kappa shape index (κ3) is 4.69. The van der Waals surface area contributed by atoms with Gasteiger partial charge in [-0.2, -0.15) is 5.10 Å². The van der Waals surface area contributed by atoms with Gasteiger partial charge >= 0.3 is 0 Å². The predicted octanol–water partition coefficient (Wildman–Crippen LogP) is 2.87. The fraction of sp³-hybridized carbons (Fsp3) is 0.250. The molecule has 1 aliphatic rings. The van der Waals surface area contributed by atoms with Crippen molar-refractivity contribution in [2.75, 3.05) is 24.3 Å². The average Bonchev–Trinajstić information content (AvgIpc) is 3.48. The molecule has 2 N–H and O–H groups in total. The molecule has 0 heterocycles. The number of nitrogens with one attached hydrogen (secondary N) is 2. The highest BCUT2D eigenvalue weighted by Gasteiger charge is 2.29. The van der Waals surface area contributed by atoms with Crippen LogP contribution in [0.15, 0.2) is 53.6 Å². The maximum atomic E-state index is 12.1. The van der Waals surface area contributed by atoms with Crippen LogP contribution in [-0.4, -0.2) is 32.1 Å². The second-order valence-corrected chi connectivity index (χ2v) is 6.53. The first-order valence-electron chi connectivity index (χ1n) is 8.54. The molecule has 0 atom stereocenters. The third-order valence-electron chi connectivity index (χ3n) is 4.15. The summed E-state index contributed by atoms with van der Waals surface area (Å²) < 4.78 is 0. The van der Waals surface area contributed by atoms with Crippen LogP contribution in [0.25, 0.3) is 0 Å². The molecular weight excluding hydrogens is 328 g/mol. The Balaban J connectivity index is 1.53. The van der Waals surface area contributed by atoms with E-state index in [0.29, 0.717) is 11.3 Å². The molecule has 1 aliphatic carbocycles. The first-order valence-corrected chi connectivity index (χ1v) is 8.54. The molecule has 1 saturated carbocycles. The number of rotatable bonds is 6. The Morgan fingerprint density at radius 3 is 2.27 bits per heavy atom. The third-order valence-corrected chi connectivity index (χ3v) is 4.15. The maximum Gasteiger partial charge on any atom is 0.271 e. The number of hydrogen-bond donors (Lipinski definition) is 2. The van der Waals surface area contributed by atoms with E-state index in [2.05, 4.69) is 15.8 Å². The van der Waals surface area contributed by atoms with Gasteiger partial charge in [0.05, 0.1) is 6.21 Å². The number of carbonyl (C=O) groups is 2. The number of amides is 2. The van der Waals surface area contributed by atoms with Gasteiger partial charge < -0.3 is 10.2 Å². The zero-order chi connectivity index (χ0) is 18.5. The summed E-state index contributed by atoms with van der Waals surface area (Å²) in [7, 11) is 3.96. The molecule has 1 fully saturated rings. The summed E-state index contributed by atoms with van der Waals surface area (Å²) in [6, 6.07) is 14.6. The van der Waals surface area contributed by atoms with Crippen molar-refractivity contribution in [1.82, 2.24) is 5.43 Å². The molecule has 0 unspecified atom stereocenters. The van der Waals surface area contributed by atoms with Crippen LogP contribution in [0.4, 0.5) is 11.4 Å². The van der Waals surface area contributed by atoms with Gasteiger partial charge in [-0.15, -0.1) is 0 Å². The first kappa shape index (κ1) is 17.7. The van der Waals surface area contributed by atoms with Gasteiger partial charge in [-0.1, -0.05) is 12.1 Å². The van der Waals surface area contributed by atoms with E-state index in [1.165, 1.54) is 0 Å². The molecule has 0 radical (unpaired) electrons. The molecule has 26 heavy (non-hydrogen) atoms. The van der Waals surface area contributed by atoms with Gasteiger partial charge in [-0.25, -0.2) is 5.43 Å². The minimum absolute atomic E-state index is 0.0482. The Morgan fingerprint density at radius 2 is 1.69 bits per heavy atom. The van der Waals surface area contributed by atoms with Crippen LogP contribution < -0.4 is 15.6 Å². The number of anilines is 2. The van der Waals surface area contributed by atoms with E-state index in [9.17, 15) is 9.59 Å². The largest absolute Gasteiger partial charge is 0.378 e. The molecule has 0 bridgehead atoms. The molecule has 6 nitrogen and oxygen atoms in total. The van der Waals surface area contributed by atoms with Crippen molar-refractivity contribution in [1.29, 1.82) is 0 Å². The summed E-state index contributed by atoms with van der Waals surface area (Å²) in [5.74, 6) is -0.0996. The van der Waals surface area contributed by atoms with Crippen molar-refractivity contribution in [3.05, 3.63) is 59.7 Å². The summed E-state index contributed by atoms with van der Waals surface area (Å²) in [6.07, 6.45) is 3.52. The van der Waals surface area contributed by atoms with E-state index in [4.69, 9.17) is 0 Å². The highest BCUT2D eigenvalue weighted by molar-refractivity contribution is 5.97. The van der Waals surface area contributed by atoms with E-state index in [1.54, 1.807) is 30.5 Å². The summed E-state index contributed by atoms with van der Waals surface area (Å²) in [5.41, 5.74) is 5.68. The van der Waals surface area contributed by atoms with Crippen LogP contribution in [0.3, 0.4) is 0 Å². The standard InChI is InChI=1S/C20H22N4O2/c1-24(2)18-11-3-14(4-12-18)13-21-23-20(26)16-7-9-17(10-8-16)22-19(25)15-5-6-15/h3-4,7-13,15H,5-6H2,1-2H3,(H,22,25)(H,23,26). The SMILES string of the molecule is CN(C)c1ccc(C=NNC(=O)c2ccc(NC(=O)C3CC3)cc2)cc1. The summed E-state index contributed by atoms with van der Waals surface area (Å²) >= 11 is 0. The number of hydrogen-bond acceptors (Lipinski definition) is 4. The highest BCUT2D eigenvalue weighted by Crippen LogP contribution is 2.30. The van der Waals surface area contributed by atoms with Gasteiger partial charge in [0, 0.05) is 37.0 Å². The Bertz CT molecular complexity index is 807. The van der Waals surface area contributed by atoms with Crippen LogP contribution >= 0.6 is 0 Å². The quantitative estimate of drug-likeness (QED) is 0.621. The molecule has 2 aromatic rings. The zero-order valence-electron chi connectivity index (χ0n) is 14.9. The molecule has 2 amide bonds. The zero-order valence-corrected chi connectivity index (χ0v) is 14.9. The van der Waals surface area contributed by atoms with Crippen LogP contribution in [0.1, 0.15) is 28.8 Å². The van der Waals surface area contributed by atoms with Crippen LogP contribution in [0.2, 0.25) is 0 Å². The second kappa shape index (κ2) is 7.82. The molecule has 0 aromatic heterocycles. The summed E-state index contributed by atoms with van der Waals surface area (Å²) in [6.45, 7) is 0. The monoisotopic (exact) mass is 350 g/mol. The van der Waals surface area contributed by atoms with E-state index in [-0.39, 0.29) is 17.7 Å². The number of nitrogens with zero attached hydrogens (tertiary/aromatic N) is 2. The van der Waals surface area contributed by atoms with E-state index < -0.39 is 0 Å². The fourth-order valence-electron chi connectivity index (χ4n) is 2.38. The Morgan fingerprint density at radius 1 is 1.04 bits per heavy atom. The molecule has 2 aromatic carbocycles. The molecule has 134 valence electrons. The summed E-state index contributed by atoms with van der Waals surface area (Å²) in [5, 5.41) is 6.83. The van der Waals surface area contributed by atoms with Crippen molar-refractivity contribution in [2.45, 2.75) is 12.8 Å². The lowest BCUT2D eigenvalue weighted by molar-refractivity contribution is -0.117. The Kier molecular flexibility index (Phi) is 5.31. The van der Waals surface area contributed by atoms with Crippen LogP contribution in [0.5, 0.6) is 0 Å². The minimum Gasteiger partial charge on any atom is -0.378 e. The highest BCUT2D eigenvalue weighted by atomic mass is 16.2. The molecular formula is C20H22N4O2. The molecule has 3 rings (SSSR count). The maximum absolute atomic E-state index is 12.1. The molecule has 0 saturated heterocycles. The lowest BCUT2D eigenvalue weighted by atomic mass is 10.2. The van der Waals surface area contributed by atoms with Gasteiger partial charge in [-0.05, 0) is 54.8 Å². The number of benzene rings is 2. The van der Waals surface area contributed by atoms with Crippen molar-refractivity contribution in [2.24, 2.45) is 11.0 Å². The van der Waals surface area contributed by atoms with Gasteiger partial charge in [0.25, 0.3) is 5.91 Å². The van der Waals surface area contributed by atoms with Crippen molar-refractivity contribution in [3.8, 4) is 0 Å². The van der Waals surface area contributed by atoms with Gasteiger partial charge in [0.2, 0.25) is 5.91 Å². The lowest BCUT2D eigenvalue weighted by Crippen LogP contribution is -2.18. The van der Waals surface area contributed by atoms with E-state index in [1.807, 2.05) is 43.3 Å². The van der Waals surface area contributed by atoms with Crippen LogP contribution in [-0.2, 0) is 4.79 Å². The van der Waals surface area contributed by atoms with E-state index in [0.717, 1.165) is 24.1 Å². The first-order chi connectivity index (χ1) is 12.5. The molecule has 0 aliphatic heterocycles. The Labute approximate surface area is 152 Å². The topological polar surface area (TPSA) is 73.8 Å². The number of hydrazone groups is 1. The predicted molar refractivity (Wildman–Crippen MR) is 104 cm³/mol. The average molecular weight is 350 g/mol. The second-order valence-electron chi connectivity index (χ2n) is 6.53. The summed E-state index contributed by atoms with van der Waals surface area (Å²) in [4.78, 5) is 25.8. The van der Waals surface area contributed by atoms with E-state index >= 15 is 0 Å². The van der Waals surface area contributed by atoms with Gasteiger partial charge in [-0.3, -0.25) is 9.59 Å². The van der Waals surface area contributed by atoms with Crippen molar-refractivity contribution in [3.63, 3.8) is 0 Å². The normalized spacial score (nSPS) is 13.5.